The number of nitrogens with zero attached hydrogens (tertiary/aromatic N) is 5. The van der Waals surface area contributed by atoms with E-state index in [-0.39, 0.29) is 17.5 Å². The van der Waals surface area contributed by atoms with Crippen LogP contribution in [0.5, 0.6) is 0 Å². The monoisotopic (exact) mass is 379 g/mol. The smallest absolute Gasteiger partial charge is 0.257 e. The van der Waals surface area contributed by atoms with Gasteiger partial charge in [0.05, 0.1) is 17.3 Å². The van der Waals surface area contributed by atoms with Gasteiger partial charge in [-0.25, -0.2) is 19.3 Å². The summed E-state index contributed by atoms with van der Waals surface area (Å²) in [7, 11) is 1.91. The van der Waals surface area contributed by atoms with Gasteiger partial charge in [-0.2, -0.15) is 0 Å². The normalized spacial score (nSPS) is 17.0. The molecule has 3 aromatic rings. The van der Waals surface area contributed by atoms with Gasteiger partial charge in [-0.1, -0.05) is 12.1 Å². The number of piperidine rings is 1. The molecular weight excluding hydrogens is 357 g/mol. The van der Waals surface area contributed by atoms with Crippen LogP contribution in [0.25, 0.3) is 11.5 Å². The van der Waals surface area contributed by atoms with Gasteiger partial charge >= 0.3 is 0 Å². The van der Waals surface area contributed by atoms with E-state index < -0.39 is 5.82 Å². The highest BCUT2D eigenvalue weighted by atomic mass is 19.1. The zero-order valence-corrected chi connectivity index (χ0v) is 16.0. The van der Waals surface area contributed by atoms with E-state index in [0.29, 0.717) is 12.4 Å². The Kier molecular flexibility index (Phi) is 4.90. The van der Waals surface area contributed by atoms with Crippen molar-refractivity contribution in [2.75, 3.05) is 6.54 Å². The fraction of sp³-hybridized carbons (Fsp3) is 0.333. The van der Waals surface area contributed by atoms with Crippen molar-refractivity contribution in [2.45, 2.75) is 32.2 Å². The standard InChI is InChI=1S/C21H22FN5O/c1-14-24-17(13-18(25-14)20-23-10-12-26(20)2)19-9-5-6-11-27(19)21(28)15-7-3-4-8-16(15)22/h3-4,7-8,10,12-13,19H,5-6,9,11H2,1-2H3/t19-/m1/s1. The average Bonchev–Trinajstić information content (AvgIpc) is 3.13. The quantitative estimate of drug-likeness (QED) is 0.696. The second-order valence-electron chi connectivity index (χ2n) is 7.08. The average molecular weight is 379 g/mol. The Bertz CT molecular complexity index is 1020. The first-order valence-corrected chi connectivity index (χ1v) is 9.43. The van der Waals surface area contributed by atoms with Gasteiger partial charge in [0.2, 0.25) is 0 Å². The van der Waals surface area contributed by atoms with Crippen molar-refractivity contribution in [3.8, 4) is 11.5 Å². The third kappa shape index (κ3) is 3.40. The summed E-state index contributed by atoms with van der Waals surface area (Å²) in [6, 6.07) is 7.82. The van der Waals surface area contributed by atoms with Gasteiger partial charge in [-0.3, -0.25) is 4.79 Å². The zero-order chi connectivity index (χ0) is 19.7. The molecule has 6 nitrogen and oxygen atoms in total. The van der Waals surface area contributed by atoms with Crippen molar-refractivity contribution < 1.29 is 9.18 Å². The van der Waals surface area contributed by atoms with Crippen LogP contribution in [0.15, 0.2) is 42.7 Å². The highest BCUT2D eigenvalue weighted by Crippen LogP contribution is 2.33. The molecule has 0 radical (unpaired) electrons. The molecule has 1 aliphatic heterocycles. The molecule has 1 saturated heterocycles. The van der Waals surface area contributed by atoms with Crippen LogP contribution in [0.3, 0.4) is 0 Å². The maximum atomic E-state index is 14.2. The lowest BCUT2D eigenvalue weighted by Gasteiger charge is -2.35. The molecule has 3 heterocycles. The Labute approximate surface area is 163 Å². The van der Waals surface area contributed by atoms with Gasteiger partial charge in [0.1, 0.15) is 17.3 Å². The Morgan fingerprint density at radius 3 is 2.79 bits per heavy atom. The molecule has 1 aromatic carbocycles. The molecule has 4 rings (SSSR count). The molecule has 0 aliphatic carbocycles. The SMILES string of the molecule is Cc1nc(-c2nccn2C)cc([C@H]2CCCCN2C(=O)c2ccccc2F)n1. The van der Waals surface area contributed by atoms with Crippen LogP contribution >= 0.6 is 0 Å². The second-order valence-corrected chi connectivity index (χ2v) is 7.08. The molecule has 1 amide bonds. The maximum absolute atomic E-state index is 14.2. The molecule has 0 bridgehead atoms. The van der Waals surface area contributed by atoms with E-state index in [4.69, 9.17) is 0 Å². The number of halogens is 1. The summed E-state index contributed by atoms with van der Waals surface area (Å²) < 4.78 is 16.1. The van der Waals surface area contributed by atoms with E-state index in [9.17, 15) is 9.18 Å². The predicted octanol–water partition coefficient (Wildman–Crippen LogP) is 3.69. The summed E-state index contributed by atoms with van der Waals surface area (Å²) in [5, 5.41) is 0. The van der Waals surface area contributed by atoms with Crippen LogP contribution in [0, 0.1) is 12.7 Å². The van der Waals surface area contributed by atoms with Gasteiger partial charge in [0.25, 0.3) is 5.91 Å². The summed E-state index contributed by atoms with van der Waals surface area (Å²) >= 11 is 0. The third-order valence-electron chi connectivity index (χ3n) is 5.12. The van der Waals surface area contributed by atoms with Crippen molar-refractivity contribution in [3.05, 3.63) is 65.6 Å². The van der Waals surface area contributed by atoms with E-state index in [2.05, 4.69) is 15.0 Å². The summed E-state index contributed by atoms with van der Waals surface area (Å²) in [6.45, 7) is 2.42. The van der Waals surface area contributed by atoms with Crippen LogP contribution in [0.1, 0.15) is 47.2 Å². The number of likely N-dealkylation sites (tertiary alicyclic amines) is 1. The Hall–Kier alpha value is -3.09. The largest absolute Gasteiger partial charge is 0.333 e. The van der Waals surface area contributed by atoms with Gasteiger partial charge in [-0.05, 0) is 44.4 Å². The molecule has 0 unspecified atom stereocenters. The van der Waals surface area contributed by atoms with Crippen molar-refractivity contribution in [2.24, 2.45) is 7.05 Å². The number of carbonyl (C=O) groups is 1. The number of rotatable bonds is 3. The third-order valence-corrected chi connectivity index (χ3v) is 5.12. The fourth-order valence-electron chi connectivity index (χ4n) is 3.76. The Balaban J connectivity index is 1.72. The van der Waals surface area contributed by atoms with Crippen molar-refractivity contribution in [3.63, 3.8) is 0 Å². The minimum Gasteiger partial charge on any atom is -0.333 e. The van der Waals surface area contributed by atoms with Crippen LogP contribution in [0.4, 0.5) is 4.39 Å². The molecule has 144 valence electrons. The van der Waals surface area contributed by atoms with Crippen LogP contribution in [-0.4, -0.2) is 36.9 Å². The van der Waals surface area contributed by atoms with Gasteiger partial charge in [0.15, 0.2) is 5.82 Å². The molecule has 1 atom stereocenters. The molecule has 7 heteroatoms. The summed E-state index contributed by atoms with van der Waals surface area (Å²) in [5.41, 5.74) is 1.60. The molecule has 0 spiro atoms. The van der Waals surface area contributed by atoms with Crippen molar-refractivity contribution >= 4 is 5.91 Å². The second kappa shape index (κ2) is 7.50. The number of aryl methyl sites for hydroxylation is 2. The summed E-state index contributed by atoms with van der Waals surface area (Å²) in [6.07, 6.45) is 6.26. The number of benzene rings is 1. The van der Waals surface area contributed by atoms with E-state index in [1.165, 1.54) is 12.1 Å². The number of hydrogen-bond acceptors (Lipinski definition) is 4. The first-order valence-electron chi connectivity index (χ1n) is 9.43. The van der Waals surface area contributed by atoms with E-state index in [0.717, 1.165) is 36.5 Å². The van der Waals surface area contributed by atoms with Crippen LogP contribution in [0.2, 0.25) is 0 Å². The Morgan fingerprint density at radius 1 is 1.21 bits per heavy atom. The van der Waals surface area contributed by atoms with E-state index in [1.54, 1.807) is 23.2 Å². The van der Waals surface area contributed by atoms with Crippen LogP contribution in [-0.2, 0) is 7.05 Å². The van der Waals surface area contributed by atoms with E-state index >= 15 is 0 Å². The summed E-state index contributed by atoms with van der Waals surface area (Å²) in [4.78, 5) is 28.3. The minimum atomic E-state index is -0.496. The number of aromatic nitrogens is 4. The van der Waals surface area contributed by atoms with Gasteiger partial charge in [0, 0.05) is 26.0 Å². The van der Waals surface area contributed by atoms with Gasteiger partial charge < -0.3 is 9.47 Å². The van der Waals surface area contributed by atoms with Crippen LogP contribution < -0.4 is 0 Å². The lowest BCUT2D eigenvalue weighted by atomic mass is 9.97. The maximum Gasteiger partial charge on any atom is 0.257 e. The number of amides is 1. The predicted molar refractivity (Wildman–Crippen MR) is 103 cm³/mol. The lowest BCUT2D eigenvalue weighted by molar-refractivity contribution is 0.0601. The number of imidazole rings is 1. The summed E-state index contributed by atoms with van der Waals surface area (Å²) in [5.74, 6) is 0.580. The molecule has 28 heavy (non-hydrogen) atoms. The van der Waals surface area contributed by atoms with Crippen molar-refractivity contribution in [1.82, 2.24) is 24.4 Å². The van der Waals surface area contributed by atoms with E-state index in [1.807, 2.05) is 30.8 Å². The first kappa shape index (κ1) is 18.3. The molecule has 0 N–H and O–H groups in total. The fourth-order valence-corrected chi connectivity index (χ4v) is 3.76. The van der Waals surface area contributed by atoms with Crippen molar-refractivity contribution in [1.29, 1.82) is 0 Å². The highest BCUT2D eigenvalue weighted by molar-refractivity contribution is 5.94. The molecule has 1 aliphatic rings. The zero-order valence-electron chi connectivity index (χ0n) is 16.0. The number of hydrogen-bond donors (Lipinski definition) is 0. The molecular formula is C21H22FN5O. The molecule has 0 saturated carbocycles. The van der Waals surface area contributed by atoms with Gasteiger partial charge in [-0.15, -0.1) is 0 Å². The first-order chi connectivity index (χ1) is 13.5. The topological polar surface area (TPSA) is 63.9 Å². The molecule has 1 fully saturated rings. The Morgan fingerprint density at radius 2 is 2.04 bits per heavy atom. The minimum absolute atomic E-state index is 0.101. The number of carbonyl (C=O) groups excluding carboxylic acids is 1. The molecule has 2 aromatic heterocycles. The lowest BCUT2D eigenvalue weighted by Crippen LogP contribution is -2.39. The highest BCUT2D eigenvalue weighted by Gasteiger charge is 2.31.